The number of nitrogens with one attached hydrogen (secondary N) is 1. The molecule has 5 rings (SSSR count). The van der Waals surface area contributed by atoms with Crippen LogP contribution in [0.2, 0.25) is 0 Å². The Kier molecular flexibility index (Phi) is 11.3. The van der Waals surface area contributed by atoms with Crippen molar-refractivity contribution in [2.24, 2.45) is 5.92 Å². The molecule has 0 radical (unpaired) electrons. The molecule has 35 heavy (non-hydrogen) atoms. The van der Waals surface area contributed by atoms with Gasteiger partial charge in [0.2, 0.25) is 5.91 Å². The fraction of sp³-hybridized carbons (Fsp3) is 0.714. The molecule has 7 heteroatoms. The molecule has 0 aromatic carbocycles. The van der Waals surface area contributed by atoms with Gasteiger partial charge < -0.3 is 24.3 Å². The van der Waals surface area contributed by atoms with Gasteiger partial charge in [-0.3, -0.25) is 4.79 Å². The second-order valence-electron chi connectivity index (χ2n) is 9.57. The highest BCUT2D eigenvalue weighted by Gasteiger charge is 2.24. The molecule has 2 saturated heterocycles. The van der Waals surface area contributed by atoms with Crippen LogP contribution in [0.15, 0.2) is 22.8 Å². The predicted octanol–water partition coefficient (Wildman–Crippen LogP) is 5.41. The first kappa shape index (κ1) is 27.5. The Morgan fingerprint density at radius 3 is 2.43 bits per heavy atom. The third-order valence-electron chi connectivity index (χ3n) is 7.22. The maximum atomic E-state index is 11.9. The third kappa shape index (κ3) is 7.94. The van der Waals surface area contributed by atoms with Crippen LogP contribution < -0.4 is 10.2 Å². The summed E-state index contributed by atoms with van der Waals surface area (Å²) in [5, 5.41) is 4.32. The monoisotopic (exact) mass is 488 g/mol. The zero-order valence-electron chi connectivity index (χ0n) is 22.4. The number of pyridine rings is 1. The van der Waals surface area contributed by atoms with Crippen molar-refractivity contribution >= 4 is 22.7 Å². The van der Waals surface area contributed by atoms with E-state index in [4.69, 9.17) is 14.1 Å². The Morgan fingerprint density at radius 1 is 1.09 bits per heavy atom. The fourth-order valence-electron chi connectivity index (χ4n) is 5.11. The Balaban J connectivity index is 0.000000235. The molecule has 3 fully saturated rings. The number of carbonyl (C=O) groups excluding carboxylic acids is 1. The standard InChI is InChI=1S/C14H19N3O.C12H21NO2.C2H6.H2/c1-3-16-5-7-17(8-6-16)14-12-4-9-18-13(12)10-11(2)15-14;14-12(10-6-8-15-9-7-10)13-11-4-2-1-3-5-11;1-2;/h4,9-10H,3,5-8H2,1-2H3;10-11H,1-9H2,(H,13,14);1-2H3;1H. The number of ether oxygens (including phenoxy) is 1. The number of hydrogen-bond donors (Lipinski definition) is 1. The second kappa shape index (κ2) is 14.4. The quantitative estimate of drug-likeness (QED) is 0.620. The van der Waals surface area contributed by atoms with E-state index in [1.807, 2.05) is 32.9 Å². The summed E-state index contributed by atoms with van der Waals surface area (Å²) in [5.74, 6) is 1.56. The van der Waals surface area contributed by atoms with Gasteiger partial charge in [-0.05, 0) is 45.2 Å². The largest absolute Gasteiger partial charge is 0.464 e. The first-order valence-corrected chi connectivity index (χ1v) is 13.8. The number of aromatic nitrogens is 1. The number of furan rings is 1. The molecule has 1 aliphatic carbocycles. The molecule has 0 spiro atoms. The van der Waals surface area contributed by atoms with Crippen molar-refractivity contribution in [3.05, 3.63) is 24.1 Å². The number of fused-ring (bicyclic) bond motifs is 1. The van der Waals surface area contributed by atoms with Crippen LogP contribution >= 0.6 is 0 Å². The van der Waals surface area contributed by atoms with E-state index in [1.165, 1.54) is 32.1 Å². The van der Waals surface area contributed by atoms with Gasteiger partial charge >= 0.3 is 0 Å². The van der Waals surface area contributed by atoms with Crippen LogP contribution in [0, 0.1) is 12.8 Å². The molecule has 4 heterocycles. The van der Waals surface area contributed by atoms with Crippen LogP contribution in [-0.4, -0.2) is 67.8 Å². The van der Waals surface area contributed by atoms with E-state index < -0.39 is 0 Å². The van der Waals surface area contributed by atoms with Crippen LogP contribution in [-0.2, 0) is 9.53 Å². The molecule has 2 aromatic heterocycles. The fourth-order valence-corrected chi connectivity index (χ4v) is 5.11. The number of aryl methyl sites for hydroxylation is 1. The van der Waals surface area contributed by atoms with Gasteiger partial charge in [0.25, 0.3) is 0 Å². The Hall–Kier alpha value is -2.12. The van der Waals surface area contributed by atoms with E-state index >= 15 is 0 Å². The van der Waals surface area contributed by atoms with Gasteiger partial charge in [-0.25, -0.2) is 4.98 Å². The van der Waals surface area contributed by atoms with Crippen LogP contribution in [0.5, 0.6) is 0 Å². The van der Waals surface area contributed by atoms with Crippen molar-refractivity contribution in [2.75, 3.05) is 50.8 Å². The summed E-state index contributed by atoms with van der Waals surface area (Å²) in [4.78, 5) is 21.4. The molecule has 3 aliphatic rings. The number of piperazine rings is 1. The van der Waals surface area contributed by atoms with Crippen LogP contribution in [0.1, 0.15) is 72.8 Å². The van der Waals surface area contributed by atoms with Crippen LogP contribution in [0.25, 0.3) is 11.0 Å². The summed E-state index contributed by atoms with van der Waals surface area (Å²) in [5.41, 5.74) is 1.96. The third-order valence-corrected chi connectivity index (χ3v) is 7.22. The number of nitrogens with zero attached hydrogens (tertiary/aromatic N) is 3. The van der Waals surface area contributed by atoms with E-state index in [2.05, 4.69) is 22.0 Å². The number of anilines is 1. The molecule has 1 saturated carbocycles. The zero-order valence-corrected chi connectivity index (χ0v) is 22.4. The normalized spacial score (nSPS) is 19.9. The predicted molar refractivity (Wildman–Crippen MR) is 145 cm³/mol. The average Bonchev–Trinajstić information content (AvgIpc) is 3.39. The topological polar surface area (TPSA) is 70.8 Å². The van der Waals surface area contributed by atoms with Gasteiger partial charge in [-0.1, -0.05) is 40.0 Å². The van der Waals surface area contributed by atoms with Gasteiger partial charge in [-0.15, -0.1) is 0 Å². The maximum Gasteiger partial charge on any atom is 0.223 e. The summed E-state index contributed by atoms with van der Waals surface area (Å²) in [7, 11) is 0. The highest BCUT2D eigenvalue weighted by molar-refractivity contribution is 5.89. The zero-order chi connectivity index (χ0) is 25.0. The van der Waals surface area contributed by atoms with Crippen molar-refractivity contribution in [3.8, 4) is 0 Å². The van der Waals surface area contributed by atoms with Crippen LogP contribution in [0.3, 0.4) is 0 Å². The summed E-state index contributed by atoms with van der Waals surface area (Å²) >= 11 is 0. The van der Waals surface area contributed by atoms with E-state index in [0.717, 1.165) is 81.3 Å². The Labute approximate surface area is 213 Å². The van der Waals surface area contributed by atoms with Gasteiger partial charge in [0.05, 0.1) is 11.6 Å². The van der Waals surface area contributed by atoms with E-state index in [-0.39, 0.29) is 13.3 Å². The first-order valence-electron chi connectivity index (χ1n) is 13.8. The summed E-state index contributed by atoms with van der Waals surface area (Å²) in [6.45, 7) is 15.2. The van der Waals surface area contributed by atoms with Crippen LogP contribution in [0.4, 0.5) is 5.82 Å². The second-order valence-corrected chi connectivity index (χ2v) is 9.57. The van der Waals surface area contributed by atoms with Gasteiger partial charge in [0.1, 0.15) is 11.4 Å². The van der Waals surface area contributed by atoms with Gasteiger partial charge in [-0.2, -0.15) is 0 Å². The summed E-state index contributed by atoms with van der Waals surface area (Å²) < 4.78 is 10.8. The minimum absolute atomic E-state index is 0. The molecule has 0 atom stereocenters. The van der Waals surface area contributed by atoms with Crippen molar-refractivity contribution in [3.63, 3.8) is 0 Å². The van der Waals surface area contributed by atoms with Crippen molar-refractivity contribution in [1.82, 2.24) is 15.2 Å². The lowest BCUT2D eigenvalue weighted by Gasteiger charge is -2.35. The van der Waals surface area contributed by atoms with Gasteiger partial charge in [0, 0.05) is 64.5 Å². The maximum absolute atomic E-state index is 11.9. The molecular weight excluding hydrogens is 440 g/mol. The minimum Gasteiger partial charge on any atom is -0.464 e. The van der Waals surface area contributed by atoms with Crippen molar-refractivity contribution in [2.45, 2.75) is 78.7 Å². The van der Waals surface area contributed by atoms with Crippen molar-refractivity contribution < 1.29 is 15.4 Å². The number of amides is 1. The van der Waals surface area contributed by atoms with Gasteiger partial charge in [0.15, 0.2) is 0 Å². The van der Waals surface area contributed by atoms with E-state index in [1.54, 1.807) is 6.26 Å². The Bertz CT molecular complexity index is 886. The lowest BCUT2D eigenvalue weighted by atomic mass is 9.93. The minimum atomic E-state index is 0. The molecule has 7 nitrogen and oxygen atoms in total. The number of carbonyl (C=O) groups is 1. The van der Waals surface area contributed by atoms with Crippen molar-refractivity contribution in [1.29, 1.82) is 0 Å². The number of likely N-dealkylation sites (N-methyl/N-ethyl adjacent to an activating group) is 1. The smallest absolute Gasteiger partial charge is 0.223 e. The van der Waals surface area contributed by atoms with E-state index in [9.17, 15) is 4.79 Å². The molecule has 1 amide bonds. The highest BCUT2D eigenvalue weighted by Crippen LogP contribution is 2.27. The molecule has 2 aliphatic heterocycles. The summed E-state index contributed by atoms with van der Waals surface area (Å²) in [6.07, 6.45) is 9.79. The number of hydrogen-bond acceptors (Lipinski definition) is 6. The lowest BCUT2D eigenvalue weighted by molar-refractivity contribution is -0.128. The SMILES string of the molecule is CC.CCN1CCN(c2nc(C)cc3occc23)CC1.O=C(NC1CCCCC1)C1CCOCC1.[HH]. The molecule has 2 aromatic rings. The Morgan fingerprint density at radius 2 is 1.77 bits per heavy atom. The molecule has 1 N–H and O–H groups in total. The van der Waals surface area contributed by atoms with E-state index in [0.29, 0.717) is 6.04 Å². The molecule has 0 unspecified atom stereocenters. The lowest BCUT2D eigenvalue weighted by Crippen LogP contribution is -2.46. The average molecular weight is 489 g/mol. The summed E-state index contributed by atoms with van der Waals surface area (Å²) in [6, 6.07) is 4.47. The molecular formula is C28H48N4O3. The highest BCUT2D eigenvalue weighted by atomic mass is 16.5. The molecule has 198 valence electrons. The molecule has 0 bridgehead atoms. The number of rotatable bonds is 4. The first-order chi connectivity index (χ1) is 17.1.